The van der Waals surface area contributed by atoms with Crippen LogP contribution < -0.4 is 0 Å². The SMILES string of the molecule is CSc1ccc(CC(=O)N2CCC(=O)N(Cc3ccccc3)CC2)cc1. The van der Waals surface area contributed by atoms with Crippen LogP contribution in [0, 0.1) is 0 Å². The minimum Gasteiger partial charge on any atom is -0.340 e. The summed E-state index contributed by atoms with van der Waals surface area (Å²) in [6.45, 7) is 2.30. The Labute approximate surface area is 159 Å². The van der Waals surface area contributed by atoms with E-state index < -0.39 is 0 Å². The summed E-state index contributed by atoms with van der Waals surface area (Å²) in [6, 6.07) is 18.1. The van der Waals surface area contributed by atoms with Crippen molar-refractivity contribution in [2.75, 3.05) is 25.9 Å². The van der Waals surface area contributed by atoms with Crippen molar-refractivity contribution < 1.29 is 9.59 Å². The van der Waals surface area contributed by atoms with Gasteiger partial charge in [0.15, 0.2) is 0 Å². The molecule has 1 fully saturated rings. The Kier molecular flexibility index (Phi) is 6.34. The fourth-order valence-corrected chi connectivity index (χ4v) is 3.53. The summed E-state index contributed by atoms with van der Waals surface area (Å²) in [7, 11) is 0. The average molecular weight is 369 g/mol. The van der Waals surface area contributed by atoms with Gasteiger partial charge in [0.2, 0.25) is 11.8 Å². The van der Waals surface area contributed by atoms with E-state index in [1.807, 2.05) is 70.7 Å². The molecule has 0 bridgehead atoms. The zero-order valence-corrected chi connectivity index (χ0v) is 15.9. The summed E-state index contributed by atoms with van der Waals surface area (Å²) in [5.41, 5.74) is 2.14. The Morgan fingerprint density at radius 2 is 1.69 bits per heavy atom. The highest BCUT2D eigenvalue weighted by Gasteiger charge is 2.23. The highest BCUT2D eigenvalue weighted by Crippen LogP contribution is 2.16. The van der Waals surface area contributed by atoms with Crippen LogP contribution in [0.4, 0.5) is 0 Å². The van der Waals surface area contributed by atoms with Gasteiger partial charge in [-0.3, -0.25) is 9.59 Å². The van der Waals surface area contributed by atoms with E-state index in [2.05, 4.69) is 0 Å². The van der Waals surface area contributed by atoms with Gasteiger partial charge in [0.1, 0.15) is 0 Å². The molecular weight excluding hydrogens is 344 g/mol. The van der Waals surface area contributed by atoms with Gasteiger partial charge < -0.3 is 9.80 Å². The normalized spacial score (nSPS) is 15.0. The molecule has 0 atom stereocenters. The molecule has 5 heteroatoms. The topological polar surface area (TPSA) is 40.6 Å². The van der Waals surface area contributed by atoms with E-state index >= 15 is 0 Å². The summed E-state index contributed by atoms with van der Waals surface area (Å²) in [4.78, 5) is 29.9. The molecule has 1 aliphatic rings. The minimum atomic E-state index is 0.0938. The first-order valence-electron chi connectivity index (χ1n) is 8.88. The van der Waals surface area contributed by atoms with Crippen LogP contribution in [0.5, 0.6) is 0 Å². The first kappa shape index (κ1) is 18.5. The second-order valence-electron chi connectivity index (χ2n) is 6.46. The van der Waals surface area contributed by atoms with Crippen LogP contribution in [0.2, 0.25) is 0 Å². The smallest absolute Gasteiger partial charge is 0.227 e. The Morgan fingerprint density at radius 1 is 0.962 bits per heavy atom. The number of nitrogens with zero attached hydrogens (tertiary/aromatic N) is 2. The van der Waals surface area contributed by atoms with Crippen molar-refractivity contribution in [3.05, 3.63) is 65.7 Å². The lowest BCUT2D eigenvalue weighted by molar-refractivity contribution is -0.130. The lowest BCUT2D eigenvalue weighted by atomic mass is 10.1. The number of hydrogen-bond donors (Lipinski definition) is 0. The number of rotatable bonds is 5. The molecule has 1 heterocycles. The van der Waals surface area contributed by atoms with E-state index in [9.17, 15) is 9.59 Å². The molecule has 2 aromatic rings. The third kappa shape index (κ3) is 4.88. The maximum atomic E-state index is 12.6. The minimum absolute atomic E-state index is 0.0938. The lowest BCUT2D eigenvalue weighted by Crippen LogP contribution is -2.36. The predicted octanol–water partition coefficient (Wildman–Crippen LogP) is 3.21. The van der Waals surface area contributed by atoms with Crippen molar-refractivity contribution in [3.8, 4) is 0 Å². The molecule has 3 rings (SSSR count). The molecular formula is C21H24N2O2S. The summed E-state index contributed by atoms with van der Waals surface area (Å²) in [5, 5.41) is 0. The summed E-state index contributed by atoms with van der Waals surface area (Å²) < 4.78 is 0. The molecule has 4 nitrogen and oxygen atoms in total. The standard InChI is InChI=1S/C21H24N2O2S/c1-26-19-9-7-17(8-10-19)15-21(25)22-12-11-20(24)23(14-13-22)16-18-5-3-2-4-6-18/h2-10H,11-16H2,1H3. The van der Waals surface area contributed by atoms with Crippen molar-refractivity contribution in [2.45, 2.75) is 24.3 Å². The van der Waals surface area contributed by atoms with Crippen LogP contribution in [0.15, 0.2) is 59.5 Å². The number of hydrogen-bond acceptors (Lipinski definition) is 3. The van der Waals surface area contributed by atoms with Gasteiger partial charge in [-0.1, -0.05) is 42.5 Å². The van der Waals surface area contributed by atoms with Crippen LogP contribution in [0.1, 0.15) is 17.5 Å². The van der Waals surface area contributed by atoms with Gasteiger partial charge in [0.05, 0.1) is 6.42 Å². The molecule has 0 radical (unpaired) electrons. The average Bonchev–Trinajstić information content (AvgIpc) is 2.85. The zero-order valence-electron chi connectivity index (χ0n) is 15.1. The molecule has 1 saturated heterocycles. The van der Waals surface area contributed by atoms with Crippen LogP contribution in [-0.2, 0) is 22.6 Å². The number of carbonyl (C=O) groups is 2. The molecule has 2 aromatic carbocycles. The molecule has 0 spiro atoms. The monoisotopic (exact) mass is 368 g/mol. The fraction of sp³-hybridized carbons (Fsp3) is 0.333. The highest BCUT2D eigenvalue weighted by molar-refractivity contribution is 7.98. The third-order valence-electron chi connectivity index (χ3n) is 4.67. The highest BCUT2D eigenvalue weighted by atomic mass is 32.2. The van der Waals surface area contributed by atoms with Gasteiger partial charge in [-0.2, -0.15) is 0 Å². The Hall–Kier alpha value is -2.27. The quantitative estimate of drug-likeness (QED) is 0.761. The molecule has 0 aliphatic carbocycles. The van der Waals surface area contributed by atoms with Crippen LogP contribution in [0.3, 0.4) is 0 Å². The maximum Gasteiger partial charge on any atom is 0.227 e. The first-order valence-corrected chi connectivity index (χ1v) is 10.1. The Balaban J connectivity index is 1.58. The van der Waals surface area contributed by atoms with Gasteiger partial charge in [0.25, 0.3) is 0 Å². The van der Waals surface area contributed by atoms with E-state index in [-0.39, 0.29) is 11.8 Å². The number of benzene rings is 2. The van der Waals surface area contributed by atoms with Gasteiger partial charge >= 0.3 is 0 Å². The lowest BCUT2D eigenvalue weighted by Gasteiger charge is -2.22. The number of thioether (sulfide) groups is 1. The first-order chi connectivity index (χ1) is 12.7. The van der Waals surface area contributed by atoms with Crippen LogP contribution in [0.25, 0.3) is 0 Å². The second-order valence-corrected chi connectivity index (χ2v) is 7.34. The van der Waals surface area contributed by atoms with E-state index in [1.165, 1.54) is 4.90 Å². The molecule has 0 unspecified atom stereocenters. The van der Waals surface area contributed by atoms with Crippen LogP contribution >= 0.6 is 11.8 Å². The second kappa shape index (κ2) is 8.90. The summed E-state index contributed by atoms with van der Waals surface area (Å²) >= 11 is 1.69. The summed E-state index contributed by atoms with van der Waals surface area (Å²) in [6.07, 6.45) is 2.82. The predicted molar refractivity (Wildman–Crippen MR) is 105 cm³/mol. The third-order valence-corrected chi connectivity index (χ3v) is 5.42. The molecule has 0 N–H and O–H groups in total. The molecule has 26 heavy (non-hydrogen) atoms. The molecule has 2 amide bonds. The van der Waals surface area contributed by atoms with E-state index in [1.54, 1.807) is 11.8 Å². The van der Waals surface area contributed by atoms with Crippen molar-refractivity contribution >= 4 is 23.6 Å². The van der Waals surface area contributed by atoms with Crippen LogP contribution in [-0.4, -0.2) is 47.5 Å². The van der Waals surface area contributed by atoms with Gasteiger partial charge in [-0.05, 0) is 29.5 Å². The Morgan fingerprint density at radius 3 is 2.38 bits per heavy atom. The maximum absolute atomic E-state index is 12.6. The van der Waals surface area contributed by atoms with Crippen molar-refractivity contribution in [1.29, 1.82) is 0 Å². The summed E-state index contributed by atoms with van der Waals surface area (Å²) in [5.74, 6) is 0.213. The van der Waals surface area contributed by atoms with Gasteiger partial charge in [-0.15, -0.1) is 11.8 Å². The number of carbonyl (C=O) groups excluding carboxylic acids is 2. The molecule has 0 saturated carbocycles. The molecule has 0 aromatic heterocycles. The molecule has 1 aliphatic heterocycles. The van der Waals surface area contributed by atoms with E-state index in [0.29, 0.717) is 39.0 Å². The van der Waals surface area contributed by atoms with Crippen molar-refractivity contribution in [3.63, 3.8) is 0 Å². The van der Waals surface area contributed by atoms with Crippen molar-refractivity contribution in [1.82, 2.24) is 9.80 Å². The number of amides is 2. The zero-order chi connectivity index (χ0) is 18.4. The van der Waals surface area contributed by atoms with Crippen molar-refractivity contribution in [2.24, 2.45) is 0 Å². The Bertz CT molecular complexity index is 746. The van der Waals surface area contributed by atoms with Gasteiger partial charge in [0, 0.05) is 37.5 Å². The largest absolute Gasteiger partial charge is 0.340 e. The van der Waals surface area contributed by atoms with E-state index in [4.69, 9.17) is 0 Å². The van der Waals surface area contributed by atoms with E-state index in [0.717, 1.165) is 11.1 Å². The van der Waals surface area contributed by atoms with Gasteiger partial charge in [-0.25, -0.2) is 0 Å². The molecule has 136 valence electrons. The fourth-order valence-electron chi connectivity index (χ4n) is 3.12.